The fourth-order valence-electron chi connectivity index (χ4n) is 3.42. The lowest BCUT2D eigenvalue weighted by atomic mass is 9.89. The summed E-state index contributed by atoms with van der Waals surface area (Å²) in [5.41, 5.74) is 2.80. The van der Waals surface area contributed by atoms with Crippen LogP contribution in [-0.4, -0.2) is 46.1 Å². The summed E-state index contributed by atoms with van der Waals surface area (Å²) in [6, 6.07) is 15.7. The van der Waals surface area contributed by atoms with Crippen molar-refractivity contribution in [3.63, 3.8) is 0 Å². The Bertz CT molecular complexity index is 880. The van der Waals surface area contributed by atoms with Crippen molar-refractivity contribution < 1.29 is 9.53 Å². The first-order valence-electron chi connectivity index (χ1n) is 8.50. The maximum absolute atomic E-state index is 12.8. The number of carbonyl (C=O) groups is 1. The Labute approximate surface area is 146 Å². The summed E-state index contributed by atoms with van der Waals surface area (Å²) < 4.78 is 6.62. The molecule has 4 rings (SSSR count). The zero-order chi connectivity index (χ0) is 17.2. The predicted molar refractivity (Wildman–Crippen MR) is 94.9 cm³/mol. The van der Waals surface area contributed by atoms with Crippen LogP contribution in [0.25, 0.3) is 11.0 Å². The average Bonchev–Trinajstić information content (AvgIpc) is 3.12. The second-order valence-corrected chi connectivity index (χ2v) is 6.31. The molecule has 0 spiro atoms. The van der Waals surface area contributed by atoms with Crippen LogP contribution in [0.15, 0.2) is 48.5 Å². The van der Waals surface area contributed by atoms with Gasteiger partial charge in [0.25, 0.3) is 0 Å². The number of methoxy groups -OCH3 is 1. The number of nitrogens with zero attached hydrogens (tertiary/aromatic N) is 4. The van der Waals surface area contributed by atoms with Crippen molar-refractivity contribution in [3.8, 4) is 5.75 Å². The van der Waals surface area contributed by atoms with Crippen molar-refractivity contribution in [1.82, 2.24) is 19.9 Å². The molecule has 0 unspecified atom stereocenters. The Hall–Kier alpha value is -2.89. The van der Waals surface area contributed by atoms with Crippen LogP contribution in [0.5, 0.6) is 5.75 Å². The molecule has 128 valence electrons. The number of aromatic nitrogens is 3. The van der Waals surface area contributed by atoms with Crippen LogP contribution in [0.3, 0.4) is 0 Å². The molecule has 1 amide bonds. The first-order chi connectivity index (χ1) is 12.3. The molecule has 6 heteroatoms. The fraction of sp³-hybridized carbons (Fsp3) is 0.316. The highest BCUT2D eigenvalue weighted by atomic mass is 16.5. The third-order valence-electron chi connectivity index (χ3n) is 4.89. The van der Waals surface area contributed by atoms with Crippen molar-refractivity contribution in [1.29, 1.82) is 0 Å². The van der Waals surface area contributed by atoms with Crippen molar-refractivity contribution in [2.75, 3.05) is 20.2 Å². The predicted octanol–water partition coefficient (Wildman–Crippen LogP) is 3.29. The number of carbonyl (C=O) groups excluding carboxylic acids is 1. The Morgan fingerprint density at radius 3 is 2.52 bits per heavy atom. The van der Waals surface area contributed by atoms with E-state index in [-0.39, 0.29) is 6.03 Å². The minimum Gasteiger partial charge on any atom is -0.497 e. The molecule has 2 aromatic carbocycles. The molecule has 1 aliphatic rings. The maximum atomic E-state index is 12.8. The maximum Gasteiger partial charge on any atom is 0.346 e. The van der Waals surface area contributed by atoms with E-state index in [9.17, 15) is 4.79 Å². The molecule has 0 aliphatic carbocycles. The smallest absolute Gasteiger partial charge is 0.346 e. The monoisotopic (exact) mass is 336 g/mol. The largest absolute Gasteiger partial charge is 0.497 e. The third-order valence-corrected chi connectivity index (χ3v) is 4.89. The number of fused-ring (bicyclic) bond motifs is 1. The van der Waals surface area contributed by atoms with Gasteiger partial charge in [0, 0.05) is 13.1 Å². The second-order valence-electron chi connectivity index (χ2n) is 6.31. The van der Waals surface area contributed by atoms with E-state index < -0.39 is 0 Å². The van der Waals surface area contributed by atoms with Gasteiger partial charge in [-0.25, -0.2) is 4.79 Å². The van der Waals surface area contributed by atoms with Gasteiger partial charge in [-0.1, -0.05) is 29.5 Å². The topological polar surface area (TPSA) is 60.2 Å². The van der Waals surface area contributed by atoms with Crippen molar-refractivity contribution >= 4 is 17.1 Å². The van der Waals surface area contributed by atoms with E-state index in [1.165, 1.54) is 10.2 Å². The van der Waals surface area contributed by atoms with E-state index in [0.29, 0.717) is 5.92 Å². The molecular weight excluding hydrogens is 316 g/mol. The van der Waals surface area contributed by atoms with Gasteiger partial charge in [0.15, 0.2) is 0 Å². The Morgan fingerprint density at radius 1 is 1.08 bits per heavy atom. The molecule has 0 atom stereocenters. The zero-order valence-electron chi connectivity index (χ0n) is 14.1. The number of piperidine rings is 1. The Balaban J connectivity index is 1.45. The van der Waals surface area contributed by atoms with Gasteiger partial charge < -0.3 is 9.64 Å². The summed E-state index contributed by atoms with van der Waals surface area (Å²) in [6.45, 7) is 1.45. The lowest BCUT2D eigenvalue weighted by molar-refractivity contribution is 0.180. The molecule has 1 saturated heterocycles. The molecule has 3 aromatic rings. The summed E-state index contributed by atoms with van der Waals surface area (Å²) in [7, 11) is 1.67. The third kappa shape index (κ3) is 2.95. The minimum absolute atomic E-state index is 0.0955. The molecular formula is C19H20N4O2. The van der Waals surface area contributed by atoms with E-state index in [0.717, 1.165) is 42.7 Å². The minimum atomic E-state index is -0.0955. The van der Waals surface area contributed by atoms with Crippen molar-refractivity contribution in [3.05, 3.63) is 54.1 Å². The molecule has 6 nitrogen and oxygen atoms in total. The van der Waals surface area contributed by atoms with Gasteiger partial charge in [0.05, 0.1) is 12.6 Å². The number of benzene rings is 2. The second kappa shape index (κ2) is 6.55. The summed E-state index contributed by atoms with van der Waals surface area (Å²) in [6.07, 6.45) is 1.90. The highest BCUT2D eigenvalue weighted by Crippen LogP contribution is 2.29. The number of rotatable bonds is 2. The molecule has 0 N–H and O–H groups in total. The van der Waals surface area contributed by atoms with E-state index in [4.69, 9.17) is 4.74 Å². The highest BCUT2D eigenvalue weighted by molar-refractivity contribution is 5.87. The standard InChI is InChI=1S/C19H20N4O2/c1-25-16-8-6-14(7-9-16)15-10-12-22(13-11-15)19(24)23-18-5-3-2-4-17(18)20-21-23/h2-9,15H,10-13H2,1H3. The van der Waals surface area contributed by atoms with Crippen molar-refractivity contribution in [2.24, 2.45) is 0 Å². The molecule has 1 aliphatic heterocycles. The van der Waals surface area contributed by atoms with Crippen LogP contribution < -0.4 is 4.74 Å². The fourth-order valence-corrected chi connectivity index (χ4v) is 3.42. The Kier molecular flexibility index (Phi) is 4.09. The number of amides is 1. The quantitative estimate of drug-likeness (QED) is 0.720. The first kappa shape index (κ1) is 15.6. The van der Waals surface area contributed by atoms with Gasteiger partial charge in [-0.15, -0.1) is 5.10 Å². The molecule has 25 heavy (non-hydrogen) atoms. The van der Waals surface area contributed by atoms with Gasteiger partial charge in [-0.2, -0.15) is 4.68 Å². The number of likely N-dealkylation sites (tertiary alicyclic amines) is 1. The van der Waals surface area contributed by atoms with Crippen LogP contribution in [-0.2, 0) is 0 Å². The Morgan fingerprint density at radius 2 is 1.80 bits per heavy atom. The first-order valence-corrected chi connectivity index (χ1v) is 8.50. The van der Waals surface area contributed by atoms with Gasteiger partial charge in [0.1, 0.15) is 11.3 Å². The SMILES string of the molecule is COc1ccc(C2CCN(C(=O)n3nnc4ccccc43)CC2)cc1. The van der Waals surface area contributed by atoms with Crippen LogP contribution in [0.4, 0.5) is 4.79 Å². The van der Waals surface area contributed by atoms with Crippen LogP contribution >= 0.6 is 0 Å². The molecule has 1 fully saturated rings. The van der Waals surface area contributed by atoms with Gasteiger partial charge in [-0.05, 0) is 48.6 Å². The van der Waals surface area contributed by atoms with E-state index in [2.05, 4.69) is 22.4 Å². The van der Waals surface area contributed by atoms with E-state index in [1.54, 1.807) is 7.11 Å². The summed E-state index contributed by atoms with van der Waals surface area (Å²) in [4.78, 5) is 14.6. The number of ether oxygens (including phenoxy) is 1. The van der Waals surface area contributed by atoms with E-state index >= 15 is 0 Å². The summed E-state index contributed by atoms with van der Waals surface area (Å²) in [5, 5.41) is 8.10. The van der Waals surface area contributed by atoms with Gasteiger partial charge >= 0.3 is 6.03 Å². The number of hydrogen-bond donors (Lipinski definition) is 0. The average molecular weight is 336 g/mol. The molecule has 0 radical (unpaired) electrons. The molecule has 0 bridgehead atoms. The van der Waals surface area contributed by atoms with Gasteiger partial charge in [0.2, 0.25) is 0 Å². The molecule has 2 heterocycles. The number of para-hydroxylation sites is 1. The van der Waals surface area contributed by atoms with Crippen LogP contribution in [0.2, 0.25) is 0 Å². The molecule has 1 aromatic heterocycles. The zero-order valence-corrected chi connectivity index (χ0v) is 14.1. The summed E-state index contributed by atoms with van der Waals surface area (Å²) >= 11 is 0. The van der Waals surface area contributed by atoms with Crippen LogP contribution in [0.1, 0.15) is 24.3 Å². The van der Waals surface area contributed by atoms with Crippen LogP contribution in [0, 0.1) is 0 Å². The highest BCUT2D eigenvalue weighted by Gasteiger charge is 2.26. The summed E-state index contributed by atoms with van der Waals surface area (Å²) in [5.74, 6) is 1.34. The number of hydrogen-bond acceptors (Lipinski definition) is 4. The lowest BCUT2D eigenvalue weighted by Gasteiger charge is -2.31. The normalized spacial score (nSPS) is 15.5. The van der Waals surface area contributed by atoms with E-state index in [1.807, 2.05) is 41.3 Å². The lowest BCUT2D eigenvalue weighted by Crippen LogP contribution is -2.40. The van der Waals surface area contributed by atoms with Gasteiger partial charge in [-0.3, -0.25) is 0 Å². The van der Waals surface area contributed by atoms with Crippen molar-refractivity contribution in [2.45, 2.75) is 18.8 Å². The molecule has 0 saturated carbocycles.